The van der Waals surface area contributed by atoms with Gasteiger partial charge in [-0.15, -0.1) is 0 Å². The molecule has 0 amide bonds. The van der Waals surface area contributed by atoms with Crippen LogP contribution < -0.4 is 0 Å². The number of hydrogen-bond acceptors (Lipinski definition) is 2. The third kappa shape index (κ3) is 2.28. The van der Waals surface area contributed by atoms with Crippen LogP contribution in [0.5, 0.6) is 0 Å². The van der Waals surface area contributed by atoms with Crippen molar-refractivity contribution in [2.24, 2.45) is 0 Å². The normalized spacial score (nSPS) is 12.9. The van der Waals surface area contributed by atoms with E-state index in [4.69, 9.17) is 0 Å². The van der Waals surface area contributed by atoms with Gasteiger partial charge in [0.2, 0.25) is 0 Å². The number of sulfone groups is 1. The second-order valence-electron chi connectivity index (χ2n) is 3.23. The first kappa shape index (κ1) is 14.7. The molecule has 0 radical (unpaired) electrons. The van der Waals surface area contributed by atoms with Crippen molar-refractivity contribution in [3.8, 4) is 0 Å². The van der Waals surface area contributed by atoms with Gasteiger partial charge in [-0.3, -0.25) is 0 Å². The van der Waals surface area contributed by atoms with Gasteiger partial charge in [-0.2, -0.15) is 13.2 Å². The fraction of sp³-hybridized carbons (Fsp3) is 0.250. The van der Waals surface area contributed by atoms with Crippen LogP contribution in [0.15, 0.2) is 4.90 Å². The summed E-state index contributed by atoms with van der Waals surface area (Å²) in [5, 5.41) is 0. The summed E-state index contributed by atoms with van der Waals surface area (Å²) in [6.07, 6.45) is -5.59. The Balaban J connectivity index is 4.02. The molecule has 0 aromatic heterocycles. The Hall–Kier alpha value is -1.32. The van der Waals surface area contributed by atoms with E-state index >= 15 is 0 Å². The SMILES string of the molecule is CS(=O)(=O)c1c(F)c(F)c(F)c(F)c1C(F)(F)F. The van der Waals surface area contributed by atoms with E-state index in [-0.39, 0.29) is 6.26 Å². The van der Waals surface area contributed by atoms with Crippen LogP contribution in [0.25, 0.3) is 0 Å². The smallest absolute Gasteiger partial charge is 0.224 e. The monoisotopic (exact) mass is 296 g/mol. The summed E-state index contributed by atoms with van der Waals surface area (Å²) >= 11 is 0. The van der Waals surface area contributed by atoms with Crippen LogP contribution in [0.3, 0.4) is 0 Å². The molecule has 0 saturated heterocycles. The molecule has 10 heteroatoms. The molecule has 0 aliphatic heterocycles. The molecule has 1 aromatic rings. The van der Waals surface area contributed by atoms with E-state index in [2.05, 4.69) is 0 Å². The summed E-state index contributed by atoms with van der Waals surface area (Å²) in [5.41, 5.74) is -2.69. The Morgan fingerprint density at radius 3 is 1.56 bits per heavy atom. The van der Waals surface area contributed by atoms with Crippen LogP contribution in [0.4, 0.5) is 30.7 Å². The fourth-order valence-electron chi connectivity index (χ4n) is 1.21. The van der Waals surface area contributed by atoms with Gasteiger partial charge < -0.3 is 0 Å². The molecule has 0 bridgehead atoms. The predicted octanol–water partition coefficient (Wildman–Crippen LogP) is 2.67. The number of halogens is 7. The largest absolute Gasteiger partial charge is 0.420 e. The van der Waals surface area contributed by atoms with Crippen molar-refractivity contribution in [2.45, 2.75) is 11.1 Å². The quantitative estimate of drug-likeness (QED) is 0.345. The molecule has 0 N–H and O–H groups in total. The molecule has 2 nitrogen and oxygen atoms in total. The van der Waals surface area contributed by atoms with Gasteiger partial charge in [-0.1, -0.05) is 0 Å². The fourth-order valence-corrected chi connectivity index (χ4v) is 2.20. The van der Waals surface area contributed by atoms with E-state index in [1.165, 1.54) is 0 Å². The molecule has 18 heavy (non-hydrogen) atoms. The highest BCUT2D eigenvalue weighted by molar-refractivity contribution is 7.90. The maximum absolute atomic E-state index is 13.1. The number of hydrogen-bond donors (Lipinski definition) is 0. The zero-order chi connectivity index (χ0) is 14.5. The van der Waals surface area contributed by atoms with Gasteiger partial charge in [0.05, 0.1) is 0 Å². The first-order valence-corrected chi connectivity index (χ1v) is 5.91. The van der Waals surface area contributed by atoms with Gasteiger partial charge >= 0.3 is 6.18 Å². The van der Waals surface area contributed by atoms with E-state index in [0.29, 0.717) is 0 Å². The van der Waals surface area contributed by atoms with E-state index in [9.17, 15) is 39.2 Å². The van der Waals surface area contributed by atoms with Crippen molar-refractivity contribution >= 4 is 9.84 Å². The van der Waals surface area contributed by atoms with Crippen molar-refractivity contribution in [2.75, 3.05) is 6.26 Å². The Bertz CT molecular complexity index is 603. The summed E-state index contributed by atoms with van der Waals surface area (Å²) in [6.45, 7) is 0. The van der Waals surface area contributed by atoms with Gasteiger partial charge in [0.15, 0.2) is 33.1 Å². The Morgan fingerprint density at radius 1 is 0.833 bits per heavy atom. The number of rotatable bonds is 1. The second kappa shape index (κ2) is 4.11. The molecular formula is C8H3F7O2S. The first-order valence-electron chi connectivity index (χ1n) is 4.02. The molecule has 0 aliphatic rings. The van der Waals surface area contributed by atoms with Gasteiger partial charge in [0, 0.05) is 6.26 Å². The van der Waals surface area contributed by atoms with Crippen molar-refractivity contribution < 1.29 is 39.2 Å². The molecule has 0 unspecified atom stereocenters. The minimum atomic E-state index is -5.70. The Kier molecular flexibility index (Phi) is 3.36. The molecule has 0 atom stereocenters. The zero-order valence-corrected chi connectivity index (χ0v) is 9.19. The highest BCUT2D eigenvalue weighted by Gasteiger charge is 2.44. The van der Waals surface area contributed by atoms with Gasteiger partial charge in [0.25, 0.3) is 0 Å². The minimum Gasteiger partial charge on any atom is -0.224 e. The van der Waals surface area contributed by atoms with E-state index in [0.717, 1.165) is 0 Å². The molecule has 0 aliphatic carbocycles. The van der Waals surface area contributed by atoms with Gasteiger partial charge in [-0.05, 0) is 0 Å². The molecule has 0 heterocycles. The zero-order valence-electron chi connectivity index (χ0n) is 8.37. The molecule has 102 valence electrons. The van der Waals surface area contributed by atoms with Crippen LogP contribution in [-0.4, -0.2) is 14.7 Å². The molecule has 0 spiro atoms. The first-order chi connectivity index (χ1) is 7.89. The third-order valence-corrected chi connectivity index (χ3v) is 3.00. The lowest BCUT2D eigenvalue weighted by Crippen LogP contribution is -2.20. The highest BCUT2D eigenvalue weighted by Crippen LogP contribution is 2.39. The van der Waals surface area contributed by atoms with Crippen LogP contribution in [0.2, 0.25) is 0 Å². The topological polar surface area (TPSA) is 34.1 Å². The number of benzene rings is 1. The van der Waals surface area contributed by atoms with Gasteiger partial charge in [0.1, 0.15) is 10.5 Å². The minimum absolute atomic E-state index is 0.109. The van der Waals surface area contributed by atoms with Crippen molar-refractivity contribution in [3.05, 3.63) is 28.8 Å². The standard InChI is InChI=1S/C8H3F7O2S/c1-18(16,17)7-2(8(13,14)15)3(9)4(10)5(11)6(7)12/h1H3. The number of alkyl halides is 3. The molecule has 0 saturated carbocycles. The predicted molar refractivity (Wildman–Crippen MR) is 44.4 cm³/mol. The van der Waals surface area contributed by atoms with Crippen LogP contribution in [-0.2, 0) is 16.0 Å². The summed E-state index contributed by atoms with van der Waals surface area (Å²) in [7, 11) is -4.95. The average Bonchev–Trinajstić information content (AvgIpc) is 2.16. The maximum atomic E-state index is 13.1. The summed E-state index contributed by atoms with van der Waals surface area (Å²) < 4.78 is 110. The Morgan fingerprint density at radius 2 is 1.22 bits per heavy atom. The van der Waals surface area contributed by atoms with E-state index in [1.807, 2.05) is 0 Å². The van der Waals surface area contributed by atoms with Crippen molar-refractivity contribution in [1.82, 2.24) is 0 Å². The van der Waals surface area contributed by atoms with Crippen LogP contribution in [0.1, 0.15) is 5.56 Å². The second-order valence-corrected chi connectivity index (χ2v) is 5.18. The Labute approximate surface area is 95.9 Å². The molecule has 1 rings (SSSR count). The van der Waals surface area contributed by atoms with E-state index in [1.54, 1.807) is 0 Å². The maximum Gasteiger partial charge on any atom is 0.420 e. The molecular weight excluding hydrogens is 293 g/mol. The highest BCUT2D eigenvalue weighted by atomic mass is 32.2. The summed E-state index contributed by atoms with van der Waals surface area (Å²) in [4.78, 5) is -2.26. The third-order valence-electron chi connectivity index (χ3n) is 1.88. The lowest BCUT2D eigenvalue weighted by atomic mass is 10.2. The summed E-state index contributed by atoms with van der Waals surface area (Å²) in [6, 6.07) is 0. The summed E-state index contributed by atoms with van der Waals surface area (Å²) in [5.74, 6) is -10.8. The van der Waals surface area contributed by atoms with Gasteiger partial charge in [-0.25, -0.2) is 26.0 Å². The van der Waals surface area contributed by atoms with Crippen LogP contribution >= 0.6 is 0 Å². The average molecular weight is 296 g/mol. The lowest BCUT2D eigenvalue weighted by Gasteiger charge is -2.14. The van der Waals surface area contributed by atoms with E-state index < -0.39 is 49.7 Å². The molecule has 0 fully saturated rings. The lowest BCUT2D eigenvalue weighted by molar-refractivity contribution is -0.143. The van der Waals surface area contributed by atoms with Crippen molar-refractivity contribution in [1.29, 1.82) is 0 Å². The van der Waals surface area contributed by atoms with Crippen molar-refractivity contribution in [3.63, 3.8) is 0 Å². The van der Waals surface area contributed by atoms with Crippen LogP contribution in [0, 0.1) is 23.3 Å². The molecule has 1 aromatic carbocycles.